The van der Waals surface area contributed by atoms with Crippen LogP contribution in [0.15, 0.2) is 71.9 Å². The monoisotopic (exact) mass is 486 g/mol. The van der Waals surface area contributed by atoms with Gasteiger partial charge in [-0.2, -0.15) is 0 Å². The van der Waals surface area contributed by atoms with Gasteiger partial charge in [-0.25, -0.2) is 0 Å². The molecule has 0 N–H and O–H groups in total. The molecule has 4 rings (SSSR count). The lowest BCUT2D eigenvalue weighted by molar-refractivity contribution is 0.215. The quantitative estimate of drug-likeness (QED) is 0.159. The van der Waals surface area contributed by atoms with E-state index in [2.05, 4.69) is 74.6 Å². The predicted octanol–water partition coefficient (Wildman–Crippen LogP) is 11.1. The highest BCUT2D eigenvalue weighted by Gasteiger charge is 2.39. The number of hydrogen-bond donors (Lipinski definition) is 0. The summed E-state index contributed by atoms with van der Waals surface area (Å²) in [7, 11) is 0. The molecular weight excluding hydrogens is 432 g/mol. The van der Waals surface area contributed by atoms with E-state index in [9.17, 15) is 0 Å². The van der Waals surface area contributed by atoms with E-state index in [1.54, 1.807) is 11.1 Å². The Kier molecular flexibility index (Phi) is 11.4. The van der Waals surface area contributed by atoms with Gasteiger partial charge in [0.1, 0.15) is 0 Å². The van der Waals surface area contributed by atoms with Gasteiger partial charge in [0.05, 0.1) is 0 Å². The summed E-state index contributed by atoms with van der Waals surface area (Å²) in [6.07, 6.45) is 47.4. The Balaban J connectivity index is 1.29. The largest absolute Gasteiger partial charge is 0.0876 e. The van der Waals surface area contributed by atoms with Gasteiger partial charge in [0.2, 0.25) is 0 Å². The number of unbranched alkanes of at least 4 members (excludes halogenated alkanes) is 10. The van der Waals surface area contributed by atoms with Crippen LogP contribution in [0, 0.1) is 35.5 Å². The van der Waals surface area contributed by atoms with Crippen molar-refractivity contribution in [2.75, 3.05) is 0 Å². The minimum Gasteiger partial charge on any atom is -0.0876 e. The van der Waals surface area contributed by atoms with Crippen molar-refractivity contribution >= 4 is 0 Å². The van der Waals surface area contributed by atoms with Crippen LogP contribution in [0.25, 0.3) is 0 Å². The van der Waals surface area contributed by atoms with Gasteiger partial charge in [0.15, 0.2) is 0 Å². The van der Waals surface area contributed by atoms with Crippen LogP contribution in [0.1, 0.15) is 117 Å². The van der Waals surface area contributed by atoms with Crippen LogP contribution in [0.2, 0.25) is 0 Å². The smallest absolute Gasteiger partial charge is 0.00953 e. The minimum atomic E-state index is 0.647. The van der Waals surface area contributed by atoms with Gasteiger partial charge in [0.25, 0.3) is 0 Å². The zero-order chi connectivity index (χ0) is 25.0. The Bertz CT molecular complexity index is 760. The molecule has 0 aromatic carbocycles. The molecule has 0 heterocycles. The van der Waals surface area contributed by atoms with Crippen molar-refractivity contribution in [2.45, 2.75) is 117 Å². The lowest BCUT2D eigenvalue weighted by Crippen LogP contribution is -2.36. The Labute approximate surface area is 223 Å². The molecule has 0 aromatic rings. The van der Waals surface area contributed by atoms with Crippen LogP contribution in [0.5, 0.6) is 0 Å². The lowest BCUT2D eigenvalue weighted by atomic mass is 9.61. The molecule has 0 saturated heterocycles. The molecule has 0 aromatic heterocycles. The lowest BCUT2D eigenvalue weighted by Gasteiger charge is -2.43. The van der Waals surface area contributed by atoms with Gasteiger partial charge in [-0.3, -0.25) is 0 Å². The molecule has 6 atom stereocenters. The van der Waals surface area contributed by atoms with Crippen molar-refractivity contribution < 1.29 is 0 Å². The molecule has 0 heteroatoms. The van der Waals surface area contributed by atoms with Crippen LogP contribution >= 0.6 is 0 Å². The van der Waals surface area contributed by atoms with E-state index in [0.29, 0.717) is 35.5 Å². The summed E-state index contributed by atoms with van der Waals surface area (Å²) in [5.74, 6) is 4.07. The van der Waals surface area contributed by atoms with Crippen LogP contribution in [0.4, 0.5) is 0 Å². The van der Waals surface area contributed by atoms with Crippen LogP contribution in [0.3, 0.4) is 0 Å². The maximum absolute atomic E-state index is 2.66. The highest BCUT2D eigenvalue weighted by Crippen LogP contribution is 2.47. The van der Waals surface area contributed by atoms with Gasteiger partial charge in [0, 0.05) is 0 Å². The maximum Gasteiger partial charge on any atom is -0.00953 e. The summed E-state index contributed by atoms with van der Waals surface area (Å²) in [5, 5.41) is 0. The molecule has 4 aliphatic rings. The van der Waals surface area contributed by atoms with Crippen molar-refractivity contribution in [1.29, 1.82) is 0 Å². The molecule has 0 aliphatic heterocycles. The second-order valence-electron chi connectivity index (χ2n) is 12.2. The predicted molar refractivity (Wildman–Crippen MR) is 159 cm³/mol. The van der Waals surface area contributed by atoms with E-state index in [4.69, 9.17) is 0 Å². The average Bonchev–Trinajstić information content (AvgIpc) is 2.91. The first-order chi connectivity index (χ1) is 17.8. The van der Waals surface area contributed by atoms with Gasteiger partial charge in [-0.1, -0.05) is 150 Å². The Hall–Kier alpha value is -1.56. The third-order valence-electron chi connectivity index (χ3n) is 9.41. The fourth-order valence-corrected chi connectivity index (χ4v) is 7.28. The number of allylic oxidation sites excluding steroid dienone is 12. The van der Waals surface area contributed by atoms with Gasteiger partial charge >= 0.3 is 0 Å². The van der Waals surface area contributed by atoms with Crippen molar-refractivity contribution in [3.8, 4) is 0 Å². The molecular formula is C36H54. The molecule has 4 unspecified atom stereocenters. The summed E-state index contributed by atoms with van der Waals surface area (Å²) in [6, 6.07) is 0. The van der Waals surface area contributed by atoms with E-state index in [1.165, 1.54) is 103 Å². The van der Waals surface area contributed by atoms with E-state index in [-0.39, 0.29) is 0 Å². The highest BCUT2D eigenvalue weighted by atomic mass is 14.4. The van der Waals surface area contributed by atoms with Crippen molar-refractivity contribution in [2.24, 2.45) is 35.5 Å². The Morgan fingerprint density at radius 2 is 0.917 bits per heavy atom. The first kappa shape index (κ1) is 27.5. The van der Waals surface area contributed by atoms with E-state index in [1.807, 2.05) is 0 Å². The first-order valence-corrected chi connectivity index (χ1v) is 15.9. The summed E-state index contributed by atoms with van der Waals surface area (Å²) in [4.78, 5) is 0. The molecule has 4 aliphatic carbocycles. The summed E-state index contributed by atoms with van der Waals surface area (Å²) < 4.78 is 0. The SMILES string of the molecule is CCCCCCCCC1=CC2CC=C[C@@H]([C@@H]3C=CCC4C=C(CCCCCCCC)C=CC43)C2C=C1. The topological polar surface area (TPSA) is 0 Å². The van der Waals surface area contributed by atoms with Crippen molar-refractivity contribution in [3.63, 3.8) is 0 Å². The normalized spacial score (nSPS) is 30.6. The van der Waals surface area contributed by atoms with Crippen LogP contribution < -0.4 is 0 Å². The van der Waals surface area contributed by atoms with Crippen LogP contribution in [-0.4, -0.2) is 0 Å². The standard InChI is InChI=1S/C36H54/c1-3-5-7-9-11-13-17-29-23-25-33-31(27-29)19-15-21-35(33)36-22-16-20-32-28-30(24-26-34(32)36)18-14-12-10-8-6-4-2/h15-16,21-28,31-36H,3-14,17-20H2,1-2H3/t31?,32?,33?,34?,35-,36-/m1/s1. The molecule has 0 spiro atoms. The third kappa shape index (κ3) is 7.72. The number of rotatable bonds is 15. The molecule has 0 fully saturated rings. The minimum absolute atomic E-state index is 0.647. The second-order valence-corrected chi connectivity index (χ2v) is 12.2. The number of fused-ring (bicyclic) bond motifs is 2. The summed E-state index contributed by atoms with van der Waals surface area (Å²) in [5.41, 5.74) is 3.22. The average molecular weight is 487 g/mol. The summed E-state index contributed by atoms with van der Waals surface area (Å²) in [6.45, 7) is 4.61. The van der Waals surface area contributed by atoms with E-state index in [0.717, 1.165) is 0 Å². The maximum atomic E-state index is 2.66. The van der Waals surface area contributed by atoms with Gasteiger partial charge in [-0.05, 0) is 74.0 Å². The Morgan fingerprint density at radius 1 is 0.500 bits per heavy atom. The van der Waals surface area contributed by atoms with Gasteiger partial charge in [-0.15, -0.1) is 0 Å². The third-order valence-corrected chi connectivity index (χ3v) is 9.41. The van der Waals surface area contributed by atoms with E-state index < -0.39 is 0 Å². The molecule has 0 bridgehead atoms. The molecule has 0 saturated carbocycles. The Morgan fingerprint density at radius 3 is 1.36 bits per heavy atom. The second kappa shape index (κ2) is 15.0. The first-order valence-electron chi connectivity index (χ1n) is 15.9. The molecule has 36 heavy (non-hydrogen) atoms. The molecule has 0 radical (unpaired) electrons. The van der Waals surface area contributed by atoms with E-state index >= 15 is 0 Å². The fraction of sp³-hybridized carbons (Fsp3) is 0.667. The number of hydrogen-bond acceptors (Lipinski definition) is 0. The van der Waals surface area contributed by atoms with Crippen LogP contribution in [-0.2, 0) is 0 Å². The van der Waals surface area contributed by atoms with Gasteiger partial charge < -0.3 is 0 Å². The van der Waals surface area contributed by atoms with Crippen molar-refractivity contribution in [3.05, 3.63) is 71.9 Å². The summed E-state index contributed by atoms with van der Waals surface area (Å²) >= 11 is 0. The molecule has 198 valence electrons. The molecule has 0 nitrogen and oxygen atoms in total. The zero-order valence-corrected chi connectivity index (χ0v) is 23.6. The fourth-order valence-electron chi connectivity index (χ4n) is 7.28. The zero-order valence-electron chi connectivity index (χ0n) is 23.6. The molecule has 0 amide bonds. The van der Waals surface area contributed by atoms with Crippen molar-refractivity contribution in [1.82, 2.24) is 0 Å². The highest BCUT2D eigenvalue weighted by molar-refractivity contribution is 5.33.